The molecule has 26 heavy (non-hydrogen) atoms. The molecule has 1 aromatic carbocycles. The Bertz CT molecular complexity index is 573. The van der Waals surface area contributed by atoms with Gasteiger partial charge in [0.15, 0.2) is 0 Å². The number of benzene rings is 1. The number of nitrogens with zero attached hydrogens (tertiary/aromatic N) is 1. The summed E-state index contributed by atoms with van der Waals surface area (Å²) in [5, 5.41) is 0. The van der Waals surface area contributed by atoms with Gasteiger partial charge in [-0.05, 0) is 55.3 Å². The summed E-state index contributed by atoms with van der Waals surface area (Å²) in [6.45, 7) is 10.2. The second kappa shape index (κ2) is 9.23. The zero-order chi connectivity index (χ0) is 18.5. The van der Waals surface area contributed by atoms with Crippen molar-refractivity contribution in [2.24, 2.45) is 5.92 Å². The zero-order valence-corrected chi connectivity index (χ0v) is 17.2. The van der Waals surface area contributed by atoms with Crippen LogP contribution in [-0.4, -0.2) is 43.9 Å². The lowest BCUT2D eigenvalue weighted by molar-refractivity contribution is -0.0350. The van der Waals surface area contributed by atoms with Gasteiger partial charge in [0.1, 0.15) is 5.75 Å². The maximum absolute atomic E-state index is 6.51. The lowest BCUT2D eigenvalue weighted by Crippen LogP contribution is -2.45. The van der Waals surface area contributed by atoms with Gasteiger partial charge in [-0.15, -0.1) is 0 Å². The topological polar surface area (TPSA) is 21.7 Å². The molecule has 2 aliphatic rings. The Labute approximate surface area is 160 Å². The molecule has 146 valence electrons. The van der Waals surface area contributed by atoms with Crippen LogP contribution < -0.4 is 4.74 Å². The SMILES string of the molecule is CCc1ccc(C(C)CO[C@@H]2CCCC[C@H]2N2CC[C@@H](C)C2)cc1OC. The van der Waals surface area contributed by atoms with Gasteiger partial charge in [0, 0.05) is 18.5 Å². The first kappa shape index (κ1) is 19.7. The first-order chi connectivity index (χ1) is 12.6. The van der Waals surface area contributed by atoms with E-state index in [9.17, 15) is 0 Å². The Kier molecular flexibility index (Phi) is 6.99. The molecule has 1 aromatic rings. The minimum Gasteiger partial charge on any atom is -0.496 e. The number of hydrogen-bond acceptors (Lipinski definition) is 3. The maximum Gasteiger partial charge on any atom is 0.122 e. The van der Waals surface area contributed by atoms with Crippen LogP contribution in [0.1, 0.15) is 69.9 Å². The van der Waals surface area contributed by atoms with E-state index in [0.29, 0.717) is 18.1 Å². The third-order valence-electron chi connectivity index (χ3n) is 6.41. The highest BCUT2D eigenvalue weighted by molar-refractivity contribution is 5.38. The minimum absolute atomic E-state index is 0.398. The van der Waals surface area contributed by atoms with Crippen LogP contribution in [0.5, 0.6) is 5.75 Å². The van der Waals surface area contributed by atoms with E-state index in [1.165, 1.54) is 56.3 Å². The molecule has 3 rings (SSSR count). The molecule has 3 nitrogen and oxygen atoms in total. The lowest BCUT2D eigenvalue weighted by atomic mass is 9.91. The summed E-state index contributed by atoms with van der Waals surface area (Å²) in [6, 6.07) is 7.29. The Hall–Kier alpha value is -1.06. The van der Waals surface area contributed by atoms with E-state index in [2.05, 4.69) is 43.9 Å². The molecule has 1 unspecified atom stereocenters. The number of likely N-dealkylation sites (tertiary alicyclic amines) is 1. The summed E-state index contributed by atoms with van der Waals surface area (Å²) in [4.78, 5) is 2.71. The number of ether oxygens (including phenoxy) is 2. The molecule has 0 spiro atoms. The van der Waals surface area contributed by atoms with Crippen molar-refractivity contribution in [2.75, 3.05) is 26.8 Å². The van der Waals surface area contributed by atoms with Crippen LogP contribution in [0, 0.1) is 5.92 Å². The molecule has 3 heteroatoms. The highest BCUT2D eigenvalue weighted by atomic mass is 16.5. The number of rotatable bonds is 7. The van der Waals surface area contributed by atoms with E-state index in [4.69, 9.17) is 9.47 Å². The predicted octanol–water partition coefficient (Wildman–Crippen LogP) is 5.03. The minimum atomic E-state index is 0.398. The molecule has 0 bridgehead atoms. The van der Waals surface area contributed by atoms with Gasteiger partial charge in [0.2, 0.25) is 0 Å². The fourth-order valence-corrected chi connectivity index (χ4v) is 4.68. The van der Waals surface area contributed by atoms with Crippen molar-refractivity contribution in [3.05, 3.63) is 29.3 Å². The number of aryl methyl sites for hydroxylation is 1. The molecule has 0 amide bonds. The third-order valence-corrected chi connectivity index (χ3v) is 6.41. The van der Waals surface area contributed by atoms with Crippen LogP contribution in [0.3, 0.4) is 0 Å². The second-order valence-electron chi connectivity index (χ2n) is 8.44. The molecule has 0 radical (unpaired) electrons. The van der Waals surface area contributed by atoms with Crippen LogP contribution >= 0.6 is 0 Å². The predicted molar refractivity (Wildman–Crippen MR) is 108 cm³/mol. The quantitative estimate of drug-likeness (QED) is 0.681. The number of methoxy groups -OCH3 is 1. The van der Waals surface area contributed by atoms with E-state index in [1.807, 2.05) is 0 Å². The van der Waals surface area contributed by atoms with Crippen molar-refractivity contribution in [1.29, 1.82) is 0 Å². The van der Waals surface area contributed by atoms with E-state index in [0.717, 1.165) is 24.7 Å². The van der Waals surface area contributed by atoms with Gasteiger partial charge in [-0.25, -0.2) is 0 Å². The van der Waals surface area contributed by atoms with Crippen LogP contribution in [-0.2, 0) is 11.2 Å². The molecule has 0 aromatic heterocycles. The Morgan fingerprint density at radius 1 is 1.19 bits per heavy atom. The molecular weight excluding hydrogens is 322 g/mol. The van der Waals surface area contributed by atoms with E-state index in [1.54, 1.807) is 7.11 Å². The van der Waals surface area contributed by atoms with Crippen molar-refractivity contribution >= 4 is 0 Å². The fourth-order valence-electron chi connectivity index (χ4n) is 4.68. The molecule has 0 N–H and O–H groups in total. The normalized spacial score (nSPS) is 28.2. The summed E-state index contributed by atoms with van der Waals surface area (Å²) >= 11 is 0. The van der Waals surface area contributed by atoms with Crippen LogP contribution in [0.15, 0.2) is 18.2 Å². The van der Waals surface area contributed by atoms with E-state index >= 15 is 0 Å². The summed E-state index contributed by atoms with van der Waals surface area (Å²) in [5.74, 6) is 2.26. The smallest absolute Gasteiger partial charge is 0.122 e. The largest absolute Gasteiger partial charge is 0.496 e. The third kappa shape index (κ3) is 4.61. The van der Waals surface area contributed by atoms with Crippen molar-refractivity contribution in [1.82, 2.24) is 4.90 Å². The van der Waals surface area contributed by atoms with E-state index in [-0.39, 0.29) is 0 Å². The van der Waals surface area contributed by atoms with Gasteiger partial charge in [-0.1, -0.05) is 45.7 Å². The first-order valence-corrected chi connectivity index (χ1v) is 10.6. The van der Waals surface area contributed by atoms with Gasteiger partial charge in [-0.2, -0.15) is 0 Å². The Morgan fingerprint density at radius 2 is 2.00 bits per heavy atom. The standard InChI is InChI=1S/C23H37NO2/c1-5-19-10-11-20(14-23(19)25-4)18(3)16-26-22-9-7-6-8-21(22)24-13-12-17(2)15-24/h10-11,14,17-18,21-22H,5-9,12-13,15-16H2,1-4H3/t17-,18?,21-,22-/m1/s1. The highest BCUT2D eigenvalue weighted by Crippen LogP contribution is 2.31. The first-order valence-electron chi connectivity index (χ1n) is 10.6. The van der Waals surface area contributed by atoms with Crippen molar-refractivity contribution in [2.45, 2.75) is 77.4 Å². The molecule has 1 aliphatic heterocycles. The second-order valence-corrected chi connectivity index (χ2v) is 8.44. The van der Waals surface area contributed by atoms with Crippen LogP contribution in [0.25, 0.3) is 0 Å². The molecule has 2 fully saturated rings. The average Bonchev–Trinajstić information content (AvgIpc) is 3.11. The Morgan fingerprint density at radius 3 is 2.69 bits per heavy atom. The summed E-state index contributed by atoms with van der Waals surface area (Å²) in [7, 11) is 1.77. The lowest BCUT2D eigenvalue weighted by Gasteiger charge is -2.38. The Balaban J connectivity index is 1.59. The summed E-state index contributed by atoms with van der Waals surface area (Å²) in [6.07, 6.45) is 7.98. The molecule has 1 heterocycles. The number of hydrogen-bond donors (Lipinski definition) is 0. The van der Waals surface area contributed by atoms with Crippen LogP contribution in [0.2, 0.25) is 0 Å². The van der Waals surface area contributed by atoms with Gasteiger partial charge < -0.3 is 9.47 Å². The van der Waals surface area contributed by atoms with Crippen molar-refractivity contribution in [3.63, 3.8) is 0 Å². The van der Waals surface area contributed by atoms with Gasteiger partial charge in [0.25, 0.3) is 0 Å². The molecule has 4 atom stereocenters. The van der Waals surface area contributed by atoms with Crippen molar-refractivity contribution in [3.8, 4) is 5.75 Å². The fraction of sp³-hybridized carbons (Fsp3) is 0.739. The zero-order valence-electron chi connectivity index (χ0n) is 17.2. The van der Waals surface area contributed by atoms with Crippen molar-refractivity contribution < 1.29 is 9.47 Å². The molecule has 1 saturated heterocycles. The maximum atomic E-state index is 6.51. The molecule has 1 aliphatic carbocycles. The molecule has 1 saturated carbocycles. The van der Waals surface area contributed by atoms with Gasteiger partial charge >= 0.3 is 0 Å². The van der Waals surface area contributed by atoms with E-state index < -0.39 is 0 Å². The summed E-state index contributed by atoms with van der Waals surface area (Å²) in [5.41, 5.74) is 2.60. The molecular formula is C23H37NO2. The van der Waals surface area contributed by atoms with Gasteiger partial charge in [0.05, 0.1) is 19.8 Å². The highest BCUT2D eigenvalue weighted by Gasteiger charge is 2.34. The monoisotopic (exact) mass is 359 g/mol. The van der Waals surface area contributed by atoms with Crippen LogP contribution in [0.4, 0.5) is 0 Å². The van der Waals surface area contributed by atoms with Gasteiger partial charge in [-0.3, -0.25) is 4.90 Å². The average molecular weight is 360 g/mol. The summed E-state index contributed by atoms with van der Waals surface area (Å²) < 4.78 is 12.1.